The van der Waals surface area contributed by atoms with Gasteiger partial charge in [0, 0.05) is 73.5 Å². The number of carbonyl (C=O) groups is 4. The predicted octanol–water partition coefficient (Wildman–Crippen LogP) is 0.885. The molecule has 1 aliphatic rings. The van der Waals surface area contributed by atoms with Gasteiger partial charge in [-0.2, -0.15) is 0 Å². The fourth-order valence-electron chi connectivity index (χ4n) is 4.92. The van der Waals surface area contributed by atoms with Crippen LogP contribution in [0.5, 0.6) is 0 Å². The Hall–Kier alpha value is -4.76. The van der Waals surface area contributed by atoms with Crippen molar-refractivity contribution in [2.45, 2.75) is 12.8 Å². The molecule has 0 aliphatic carbocycles. The smallest absolute Gasteiger partial charge is 0.270 e. The lowest BCUT2D eigenvalue weighted by atomic mass is 9.92. The van der Waals surface area contributed by atoms with E-state index in [1.807, 2.05) is 0 Å². The van der Waals surface area contributed by atoms with Crippen LogP contribution in [0.1, 0.15) is 54.3 Å². The number of nitro benzene ring substituents is 1. The summed E-state index contributed by atoms with van der Waals surface area (Å²) < 4.78 is 0. The molecule has 14 nitrogen and oxygen atoms in total. The van der Waals surface area contributed by atoms with Crippen LogP contribution in [0.25, 0.3) is 10.8 Å². The lowest BCUT2D eigenvalue weighted by Gasteiger charge is -2.27. The summed E-state index contributed by atoms with van der Waals surface area (Å²) in [5.74, 6) is -2.48. The number of nitrogens with two attached hydrogens (primary N) is 2. The Kier molecular flexibility index (Phi) is 11.0. The first-order valence-corrected chi connectivity index (χ1v) is 14.4. The summed E-state index contributed by atoms with van der Waals surface area (Å²) in [6, 6.07) is 11.2. The largest absolute Gasteiger partial charge is 0.352 e. The number of hydrogen-bond acceptors (Lipinski definition) is 10. The molecule has 0 fully saturated rings. The predicted molar refractivity (Wildman–Crippen MR) is 166 cm³/mol. The van der Waals surface area contributed by atoms with Crippen molar-refractivity contribution in [3.05, 3.63) is 80.9 Å². The number of nitro groups is 1. The number of amides is 4. The van der Waals surface area contributed by atoms with Gasteiger partial charge < -0.3 is 32.7 Å². The molecule has 0 saturated carbocycles. The normalized spacial score (nSPS) is 12.5. The van der Waals surface area contributed by atoms with Crippen molar-refractivity contribution in [1.82, 2.24) is 21.3 Å². The molecule has 0 saturated heterocycles. The summed E-state index contributed by atoms with van der Waals surface area (Å²) in [5, 5.41) is 24.1. The Bertz CT molecular complexity index is 1530. The fourth-order valence-corrected chi connectivity index (χ4v) is 4.92. The van der Waals surface area contributed by atoms with E-state index in [2.05, 4.69) is 21.3 Å². The molecule has 3 aromatic rings. The van der Waals surface area contributed by atoms with Crippen molar-refractivity contribution in [2.24, 2.45) is 11.5 Å². The van der Waals surface area contributed by atoms with E-state index < -0.39 is 28.6 Å². The van der Waals surface area contributed by atoms with Gasteiger partial charge in [-0.15, -0.1) is 0 Å². The minimum atomic E-state index is -0.803. The molecule has 1 heterocycles. The highest BCUT2D eigenvalue weighted by atomic mass is 16.6. The van der Waals surface area contributed by atoms with Crippen LogP contribution in [0.15, 0.2) is 48.5 Å². The molecule has 44 heavy (non-hydrogen) atoms. The van der Waals surface area contributed by atoms with E-state index in [0.717, 1.165) is 11.0 Å². The van der Waals surface area contributed by atoms with Crippen LogP contribution in [0, 0.1) is 10.1 Å². The van der Waals surface area contributed by atoms with Crippen LogP contribution < -0.4 is 37.6 Å². The third-order valence-electron chi connectivity index (χ3n) is 7.01. The number of hydrogen-bond donors (Lipinski definition) is 6. The average molecular weight is 605 g/mol. The molecule has 8 N–H and O–H groups in total. The van der Waals surface area contributed by atoms with Gasteiger partial charge in [-0.3, -0.25) is 29.3 Å². The van der Waals surface area contributed by atoms with E-state index >= 15 is 0 Å². The molecule has 0 radical (unpaired) electrons. The lowest BCUT2D eigenvalue weighted by Crippen LogP contribution is -2.41. The van der Waals surface area contributed by atoms with Crippen molar-refractivity contribution in [3.63, 3.8) is 0 Å². The Morgan fingerprint density at radius 1 is 0.750 bits per heavy atom. The van der Waals surface area contributed by atoms with Gasteiger partial charge in [0.15, 0.2) is 0 Å². The zero-order valence-corrected chi connectivity index (χ0v) is 24.2. The van der Waals surface area contributed by atoms with Gasteiger partial charge >= 0.3 is 0 Å². The lowest BCUT2D eigenvalue weighted by molar-refractivity contribution is -0.384. The molecule has 1 aliphatic heterocycles. The first kappa shape index (κ1) is 32.2. The number of nitrogens with one attached hydrogen (secondary N) is 4. The molecular weight excluding hydrogens is 568 g/mol. The van der Waals surface area contributed by atoms with Crippen LogP contribution >= 0.6 is 0 Å². The second-order valence-electron chi connectivity index (χ2n) is 10.2. The molecule has 4 rings (SSSR count). The second kappa shape index (κ2) is 15.1. The van der Waals surface area contributed by atoms with Crippen molar-refractivity contribution >= 4 is 45.8 Å². The summed E-state index contributed by atoms with van der Waals surface area (Å²) >= 11 is 0. The van der Waals surface area contributed by atoms with Crippen molar-refractivity contribution in [3.8, 4) is 0 Å². The highest BCUT2D eigenvalue weighted by Gasteiger charge is 2.36. The summed E-state index contributed by atoms with van der Waals surface area (Å²) in [7, 11) is 0. The molecule has 0 unspecified atom stereocenters. The number of carbonyl (C=O) groups excluding carboxylic acids is 4. The van der Waals surface area contributed by atoms with Crippen LogP contribution in [0.3, 0.4) is 0 Å². The minimum absolute atomic E-state index is 0.0128. The molecule has 0 spiro atoms. The van der Waals surface area contributed by atoms with Crippen molar-refractivity contribution in [1.29, 1.82) is 0 Å². The zero-order chi connectivity index (χ0) is 31.6. The summed E-state index contributed by atoms with van der Waals surface area (Å²) in [5.41, 5.74) is 10.9. The molecule has 4 amide bonds. The first-order chi connectivity index (χ1) is 21.3. The standard InChI is InChI=1S/C30H36N8O6/c31-6-12-33-8-2-10-35-27(39)20-14-21(28(40)36-11-3-9-34-13-7-32)17-22(16-20)37-29(41)24-5-1-4-19-15-23(38(43)44)18-25(26(19)24)30(37)42/h1,4-5,14-18,33-34H,2-3,6-13,31-32H2,(H,35,39)(H,36,40). The number of nitrogens with zero attached hydrogens (tertiary/aromatic N) is 2. The number of anilines is 1. The summed E-state index contributed by atoms with van der Waals surface area (Å²) in [6.07, 6.45) is 1.25. The molecule has 0 aromatic heterocycles. The Balaban J connectivity index is 1.66. The Morgan fingerprint density at radius 3 is 1.86 bits per heavy atom. The van der Waals surface area contributed by atoms with Gasteiger partial charge in [0.25, 0.3) is 29.3 Å². The van der Waals surface area contributed by atoms with Crippen LogP contribution in [-0.2, 0) is 0 Å². The third-order valence-corrected chi connectivity index (χ3v) is 7.01. The highest BCUT2D eigenvalue weighted by molar-refractivity contribution is 6.36. The number of benzene rings is 3. The van der Waals surface area contributed by atoms with Crippen LogP contribution in [-0.4, -0.2) is 80.9 Å². The maximum atomic E-state index is 13.8. The fraction of sp³-hybridized carbons (Fsp3) is 0.333. The summed E-state index contributed by atoms with van der Waals surface area (Å²) in [4.78, 5) is 65.7. The van der Waals surface area contributed by atoms with Crippen LogP contribution in [0.4, 0.5) is 11.4 Å². The van der Waals surface area contributed by atoms with Gasteiger partial charge in [0.2, 0.25) is 0 Å². The molecule has 0 atom stereocenters. The zero-order valence-electron chi connectivity index (χ0n) is 24.2. The van der Waals surface area contributed by atoms with Crippen molar-refractivity contribution < 1.29 is 24.1 Å². The quantitative estimate of drug-likeness (QED) is 0.0587. The van der Waals surface area contributed by atoms with Gasteiger partial charge in [0.1, 0.15) is 0 Å². The maximum absolute atomic E-state index is 13.8. The molecule has 3 aromatic carbocycles. The second-order valence-corrected chi connectivity index (χ2v) is 10.2. The average Bonchev–Trinajstić information content (AvgIpc) is 3.02. The molecule has 232 valence electrons. The van der Waals surface area contributed by atoms with Gasteiger partial charge in [-0.1, -0.05) is 12.1 Å². The van der Waals surface area contributed by atoms with Crippen LogP contribution in [0.2, 0.25) is 0 Å². The van der Waals surface area contributed by atoms with Gasteiger partial charge in [-0.05, 0) is 55.6 Å². The number of non-ortho nitro benzene ring substituents is 1. The van der Waals surface area contributed by atoms with E-state index in [1.165, 1.54) is 30.3 Å². The first-order valence-electron chi connectivity index (χ1n) is 14.4. The van der Waals surface area contributed by atoms with E-state index in [4.69, 9.17) is 11.5 Å². The van der Waals surface area contributed by atoms with E-state index in [9.17, 15) is 29.3 Å². The van der Waals surface area contributed by atoms with Crippen molar-refractivity contribution in [2.75, 3.05) is 57.3 Å². The molecule has 0 bridgehead atoms. The topological polar surface area (TPSA) is 215 Å². The minimum Gasteiger partial charge on any atom is -0.352 e. The van der Waals surface area contributed by atoms with Gasteiger partial charge in [0.05, 0.1) is 16.2 Å². The summed E-state index contributed by atoms with van der Waals surface area (Å²) in [6.45, 7) is 4.23. The number of rotatable bonds is 16. The Morgan fingerprint density at radius 2 is 1.32 bits per heavy atom. The maximum Gasteiger partial charge on any atom is 0.270 e. The number of imide groups is 1. The SMILES string of the molecule is NCCNCCCNC(=O)c1cc(C(=O)NCCCNCCN)cc(N2C(=O)c3cccc4cc([N+](=O)[O-])cc(c34)C2=O)c1. The monoisotopic (exact) mass is 604 g/mol. The van der Waals surface area contributed by atoms with E-state index in [1.54, 1.807) is 12.1 Å². The highest BCUT2D eigenvalue weighted by Crippen LogP contribution is 2.36. The molecule has 14 heteroatoms. The van der Waals surface area contributed by atoms with E-state index in [0.29, 0.717) is 76.0 Å². The molecular formula is C30H36N8O6. The third kappa shape index (κ3) is 7.41. The van der Waals surface area contributed by atoms with E-state index in [-0.39, 0.29) is 33.6 Å². The Labute approximate surface area is 253 Å². The van der Waals surface area contributed by atoms with Gasteiger partial charge in [-0.25, -0.2) is 4.90 Å².